The molecule has 0 aliphatic carbocycles. The van der Waals surface area contributed by atoms with Crippen molar-refractivity contribution < 1.29 is 23.9 Å². The summed E-state index contributed by atoms with van der Waals surface area (Å²) in [7, 11) is 0. The number of hydrogen-bond acceptors (Lipinski definition) is 5. The molecule has 3 rings (SSSR count). The Labute approximate surface area is 141 Å². The molecule has 2 N–H and O–H groups in total. The summed E-state index contributed by atoms with van der Waals surface area (Å²) in [4.78, 5) is 37.3. The van der Waals surface area contributed by atoms with Crippen molar-refractivity contribution in [3.05, 3.63) is 41.2 Å². The predicted octanol–water partition coefficient (Wildman–Crippen LogP) is 2.53. The average Bonchev–Trinajstić information content (AvgIpc) is 3.26. The molecule has 0 unspecified atom stereocenters. The zero-order valence-electron chi connectivity index (χ0n) is 12.7. The van der Waals surface area contributed by atoms with Crippen LogP contribution in [0.2, 0.25) is 0 Å². The molecule has 2 aromatic heterocycles. The lowest BCUT2D eigenvalue weighted by Gasteiger charge is -2.30. The van der Waals surface area contributed by atoms with Gasteiger partial charge in [0, 0.05) is 13.1 Å². The van der Waals surface area contributed by atoms with Crippen LogP contribution in [0.25, 0.3) is 0 Å². The molecule has 0 aromatic carbocycles. The normalized spacial score (nSPS) is 15.2. The van der Waals surface area contributed by atoms with Crippen molar-refractivity contribution >= 4 is 34.1 Å². The third kappa shape index (κ3) is 3.33. The van der Waals surface area contributed by atoms with Gasteiger partial charge in [-0.1, -0.05) is 0 Å². The Morgan fingerprint density at radius 1 is 1.25 bits per heavy atom. The highest BCUT2D eigenvalue weighted by Gasteiger charge is 2.29. The minimum absolute atomic E-state index is 0.170. The molecule has 24 heavy (non-hydrogen) atoms. The number of hydrogen-bond donors (Lipinski definition) is 2. The van der Waals surface area contributed by atoms with Crippen molar-refractivity contribution in [1.29, 1.82) is 0 Å². The molecule has 0 saturated carbocycles. The highest BCUT2D eigenvalue weighted by Crippen LogP contribution is 2.27. The molecule has 0 spiro atoms. The maximum absolute atomic E-state index is 12.6. The second kappa shape index (κ2) is 6.88. The van der Waals surface area contributed by atoms with Gasteiger partial charge in [-0.3, -0.25) is 14.4 Å². The molecule has 7 nitrogen and oxygen atoms in total. The molecule has 0 atom stereocenters. The van der Waals surface area contributed by atoms with Gasteiger partial charge in [0.1, 0.15) is 5.00 Å². The van der Waals surface area contributed by atoms with E-state index in [1.807, 2.05) is 0 Å². The molecule has 1 aliphatic rings. The van der Waals surface area contributed by atoms with Crippen molar-refractivity contribution in [1.82, 2.24) is 4.90 Å². The summed E-state index contributed by atoms with van der Waals surface area (Å²) in [5.41, 5.74) is 0.411. The molecule has 8 heteroatoms. The summed E-state index contributed by atoms with van der Waals surface area (Å²) in [6.07, 6.45) is 2.29. The summed E-state index contributed by atoms with van der Waals surface area (Å²) in [5.74, 6) is -1.65. The summed E-state index contributed by atoms with van der Waals surface area (Å²) in [5, 5.41) is 13.9. The van der Waals surface area contributed by atoms with E-state index in [1.54, 1.807) is 28.5 Å². The van der Waals surface area contributed by atoms with Gasteiger partial charge in [0.15, 0.2) is 5.76 Å². The fourth-order valence-corrected chi connectivity index (χ4v) is 3.42. The van der Waals surface area contributed by atoms with E-state index in [0.29, 0.717) is 36.5 Å². The topological polar surface area (TPSA) is 99.9 Å². The van der Waals surface area contributed by atoms with Crippen LogP contribution < -0.4 is 5.32 Å². The number of furan rings is 1. The van der Waals surface area contributed by atoms with Crippen LogP contribution in [0.1, 0.15) is 33.8 Å². The van der Waals surface area contributed by atoms with Gasteiger partial charge in [-0.05, 0) is 36.4 Å². The Hall–Kier alpha value is -2.61. The highest BCUT2D eigenvalue weighted by atomic mass is 32.1. The molecule has 126 valence electrons. The largest absolute Gasteiger partial charge is 0.481 e. The van der Waals surface area contributed by atoms with Crippen LogP contribution >= 0.6 is 11.3 Å². The Morgan fingerprint density at radius 2 is 2.00 bits per heavy atom. The molecule has 1 aliphatic heterocycles. The van der Waals surface area contributed by atoms with E-state index >= 15 is 0 Å². The van der Waals surface area contributed by atoms with Crippen molar-refractivity contribution in [2.45, 2.75) is 12.8 Å². The maximum atomic E-state index is 12.6. The lowest BCUT2D eigenvalue weighted by atomic mass is 9.97. The molecule has 0 bridgehead atoms. The monoisotopic (exact) mass is 348 g/mol. The SMILES string of the molecule is O=C(Nc1sccc1C(=O)N1CCC(C(=O)O)CC1)c1ccco1. The number of anilines is 1. The van der Waals surface area contributed by atoms with Crippen molar-refractivity contribution in [2.24, 2.45) is 5.92 Å². The number of thiophene rings is 1. The fraction of sp³-hybridized carbons (Fsp3) is 0.312. The van der Waals surface area contributed by atoms with Gasteiger partial charge >= 0.3 is 5.97 Å². The van der Waals surface area contributed by atoms with E-state index in [1.165, 1.54) is 17.6 Å². The van der Waals surface area contributed by atoms with Crippen LogP contribution in [0.5, 0.6) is 0 Å². The summed E-state index contributed by atoms with van der Waals surface area (Å²) in [6, 6.07) is 4.82. The van der Waals surface area contributed by atoms with Gasteiger partial charge in [-0.25, -0.2) is 0 Å². The fourth-order valence-electron chi connectivity index (χ4n) is 2.65. The van der Waals surface area contributed by atoms with E-state index in [4.69, 9.17) is 9.52 Å². The van der Waals surface area contributed by atoms with Gasteiger partial charge < -0.3 is 19.7 Å². The van der Waals surface area contributed by atoms with Crippen molar-refractivity contribution in [2.75, 3.05) is 18.4 Å². The number of likely N-dealkylation sites (tertiary alicyclic amines) is 1. The van der Waals surface area contributed by atoms with Crippen LogP contribution in [0, 0.1) is 5.92 Å². The number of amides is 2. The van der Waals surface area contributed by atoms with E-state index in [-0.39, 0.29) is 11.7 Å². The van der Waals surface area contributed by atoms with Gasteiger partial charge in [0.05, 0.1) is 17.7 Å². The summed E-state index contributed by atoms with van der Waals surface area (Å²) >= 11 is 1.26. The van der Waals surface area contributed by atoms with E-state index in [2.05, 4.69) is 5.32 Å². The first-order valence-corrected chi connectivity index (χ1v) is 8.38. The van der Waals surface area contributed by atoms with Gasteiger partial charge in [0.25, 0.3) is 11.8 Å². The van der Waals surface area contributed by atoms with Crippen LogP contribution in [-0.4, -0.2) is 40.9 Å². The number of carbonyl (C=O) groups excluding carboxylic acids is 2. The first-order valence-electron chi connectivity index (χ1n) is 7.50. The number of piperidine rings is 1. The zero-order valence-corrected chi connectivity index (χ0v) is 13.5. The lowest BCUT2D eigenvalue weighted by molar-refractivity contribution is -0.143. The van der Waals surface area contributed by atoms with E-state index in [9.17, 15) is 14.4 Å². The predicted molar refractivity (Wildman–Crippen MR) is 87.2 cm³/mol. The standard InChI is InChI=1S/C16H16N2O5S/c19-13(12-2-1-8-23-12)17-14-11(5-9-24-14)15(20)18-6-3-10(4-7-18)16(21)22/h1-2,5,8-10H,3-4,6-7H2,(H,17,19)(H,21,22). The Morgan fingerprint density at radius 3 is 2.62 bits per heavy atom. The van der Waals surface area contributed by atoms with E-state index < -0.39 is 17.8 Å². The molecule has 2 aromatic rings. The minimum atomic E-state index is -0.816. The lowest BCUT2D eigenvalue weighted by Crippen LogP contribution is -2.40. The number of nitrogens with zero attached hydrogens (tertiary/aromatic N) is 1. The first kappa shape index (κ1) is 16.3. The number of rotatable bonds is 4. The van der Waals surface area contributed by atoms with Crippen LogP contribution in [-0.2, 0) is 4.79 Å². The molecule has 3 heterocycles. The number of nitrogens with one attached hydrogen (secondary N) is 1. The van der Waals surface area contributed by atoms with Crippen molar-refractivity contribution in [3.63, 3.8) is 0 Å². The average molecular weight is 348 g/mol. The second-order valence-corrected chi connectivity index (χ2v) is 6.42. The quantitative estimate of drug-likeness (QED) is 0.884. The third-order valence-corrected chi connectivity index (χ3v) is 4.83. The molecule has 0 radical (unpaired) electrons. The first-order chi connectivity index (χ1) is 11.6. The van der Waals surface area contributed by atoms with Gasteiger partial charge in [-0.2, -0.15) is 0 Å². The van der Waals surface area contributed by atoms with Crippen LogP contribution in [0.4, 0.5) is 5.00 Å². The second-order valence-electron chi connectivity index (χ2n) is 5.50. The van der Waals surface area contributed by atoms with Gasteiger partial charge in [0.2, 0.25) is 0 Å². The molecular formula is C16H16N2O5S. The van der Waals surface area contributed by atoms with Gasteiger partial charge in [-0.15, -0.1) is 11.3 Å². The Bertz CT molecular complexity index is 744. The molecule has 2 amide bonds. The zero-order chi connectivity index (χ0) is 17.1. The van der Waals surface area contributed by atoms with Crippen LogP contribution in [0.15, 0.2) is 34.3 Å². The Kier molecular flexibility index (Phi) is 4.66. The third-order valence-electron chi connectivity index (χ3n) is 4.00. The maximum Gasteiger partial charge on any atom is 0.306 e. The highest BCUT2D eigenvalue weighted by molar-refractivity contribution is 7.14. The summed E-state index contributed by atoms with van der Waals surface area (Å²) in [6.45, 7) is 0.800. The number of carboxylic acids is 1. The van der Waals surface area contributed by atoms with Crippen LogP contribution in [0.3, 0.4) is 0 Å². The Balaban J connectivity index is 1.67. The molecular weight excluding hydrogens is 332 g/mol. The summed E-state index contributed by atoms with van der Waals surface area (Å²) < 4.78 is 5.04. The minimum Gasteiger partial charge on any atom is -0.481 e. The molecule has 1 saturated heterocycles. The number of aliphatic carboxylic acids is 1. The van der Waals surface area contributed by atoms with Crippen molar-refractivity contribution in [3.8, 4) is 0 Å². The molecule has 1 fully saturated rings. The number of carbonyl (C=O) groups is 3. The smallest absolute Gasteiger partial charge is 0.306 e. The van der Waals surface area contributed by atoms with E-state index in [0.717, 1.165) is 0 Å². The number of carboxylic acid groups (broad SMARTS) is 1.